The Morgan fingerprint density at radius 3 is 2.52 bits per heavy atom. The summed E-state index contributed by atoms with van der Waals surface area (Å²) < 4.78 is 2.28. The average molecular weight is 290 g/mol. The zero-order valence-corrected chi connectivity index (χ0v) is 14.5. The third-order valence-corrected chi connectivity index (χ3v) is 4.51. The van der Waals surface area contributed by atoms with Gasteiger partial charge in [0.15, 0.2) is 5.78 Å². The van der Waals surface area contributed by atoms with Crippen molar-refractivity contribution in [3.63, 3.8) is 0 Å². The number of carbonyl (C=O) groups excluding carboxylic acids is 1. The predicted octanol–water partition coefficient (Wildman–Crippen LogP) is 3.77. The van der Waals surface area contributed by atoms with Crippen LogP contribution in [-0.2, 0) is 5.54 Å². The lowest BCUT2D eigenvalue weighted by Gasteiger charge is -2.30. The van der Waals surface area contributed by atoms with Crippen LogP contribution in [-0.4, -0.2) is 34.9 Å². The molecule has 2 heterocycles. The van der Waals surface area contributed by atoms with Crippen molar-refractivity contribution in [2.75, 3.05) is 19.6 Å². The summed E-state index contributed by atoms with van der Waals surface area (Å²) in [6.45, 7) is 15.7. The van der Waals surface area contributed by atoms with Crippen molar-refractivity contribution in [2.45, 2.75) is 59.9 Å². The summed E-state index contributed by atoms with van der Waals surface area (Å²) >= 11 is 0. The Morgan fingerprint density at radius 2 is 2.00 bits per heavy atom. The second kappa shape index (κ2) is 5.96. The number of likely N-dealkylation sites (tertiary alicyclic amines) is 1. The number of piperidine rings is 1. The summed E-state index contributed by atoms with van der Waals surface area (Å²) in [5.74, 6) is 0.987. The SMILES string of the molecule is Cc1cc(C(=O)CN2CCCC(C)C2)c(C)n1C(C)(C)C. The largest absolute Gasteiger partial charge is 0.343 e. The summed E-state index contributed by atoms with van der Waals surface area (Å²) in [6, 6.07) is 2.07. The van der Waals surface area contributed by atoms with Gasteiger partial charge in [-0.3, -0.25) is 9.69 Å². The number of Topliss-reactive ketones (excluding diaryl/α,β-unsaturated/α-hetero) is 1. The van der Waals surface area contributed by atoms with Crippen LogP contribution in [0, 0.1) is 19.8 Å². The van der Waals surface area contributed by atoms with Crippen LogP contribution in [0.3, 0.4) is 0 Å². The van der Waals surface area contributed by atoms with E-state index in [2.05, 4.69) is 57.1 Å². The molecule has 1 atom stereocenters. The smallest absolute Gasteiger partial charge is 0.178 e. The van der Waals surface area contributed by atoms with E-state index in [0.29, 0.717) is 12.5 Å². The molecule has 118 valence electrons. The molecule has 21 heavy (non-hydrogen) atoms. The molecule has 1 unspecified atom stereocenters. The van der Waals surface area contributed by atoms with Gasteiger partial charge in [0, 0.05) is 29.0 Å². The van der Waals surface area contributed by atoms with E-state index in [4.69, 9.17) is 0 Å². The van der Waals surface area contributed by atoms with E-state index in [-0.39, 0.29) is 11.3 Å². The van der Waals surface area contributed by atoms with Crippen LogP contribution in [0.25, 0.3) is 0 Å². The van der Waals surface area contributed by atoms with E-state index in [1.165, 1.54) is 18.5 Å². The highest BCUT2D eigenvalue weighted by molar-refractivity contribution is 5.99. The number of rotatable bonds is 3. The van der Waals surface area contributed by atoms with Crippen molar-refractivity contribution in [2.24, 2.45) is 5.92 Å². The van der Waals surface area contributed by atoms with Gasteiger partial charge in [0.1, 0.15) is 0 Å². The van der Waals surface area contributed by atoms with Gasteiger partial charge in [-0.15, -0.1) is 0 Å². The maximum Gasteiger partial charge on any atom is 0.178 e. The Balaban J connectivity index is 2.17. The van der Waals surface area contributed by atoms with Gasteiger partial charge in [-0.2, -0.15) is 0 Å². The first-order chi connectivity index (χ1) is 9.70. The first kappa shape index (κ1) is 16.3. The molecule has 0 aromatic carbocycles. The Bertz CT molecular complexity index is 522. The Hall–Kier alpha value is -1.09. The first-order valence-electron chi connectivity index (χ1n) is 8.15. The summed E-state index contributed by atoms with van der Waals surface area (Å²) in [6.07, 6.45) is 2.51. The van der Waals surface area contributed by atoms with Crippen molar-refractivity contribution < 1.29 is 4.79 Å². The quantitative estimate of drug-likeness (QED) is 0.792. The molecule has 1 saturated heterocycles. The fourth-order valence-corrected chi connectivity index (χ4v) is 3.80. The van der Waals surface area contributed by atoms with Gasteiger partial charge in [0.2, 0.25) is 0 Å². The number of hydrogen-bond donors (Lipinski definition) is 0. The normalized spacial score (nSPS) is 20.8. The van der Waals surface area contributed by atoms with Gasteiger partial charge < -0.3 is 4.57 Å². The topological polar surface area (TPSA) is 25.2 Å². The summed E-state index contributed by atoms with van der Waals surface area (Å²) in [5.41, 5.74) is 3.21. The molecule has 1 fully saturated rings. The second-order valence-electron chi connectivity index (χ2n) is 7.70. The van der Waals surface area contributed by atoms with Gasteiger partial charge >= 0.3 is 0 Å². The van der Waals surface area contributed by atoms with Crippen LogP contribution in [0.15, 0.2) is 6.07 Å². The fourth-order valence-electron chi connectivity index (χ4n) is 3.80. The highest BCUT2D eigenvalue weighted by atomic mass is 16.1. The van der Waals surface area contributed by atoms with E-state index < -0.39 is 0 Å². The lowest BCUT2D eigenvalue weighted by molar-refractivity contribution is 0.0892. The number of carbonyl (C=O) groups is 1. The maximum absolute atomic E-state index is 12.7. The Kier molecular flexibility index (Phi) is 4.62. The number of hydrogen-bond acceptors (Lipinski definition) is 2. The molecular formula is C18H30N2O. The Morgan fingerprint density at radius 1 is 1.33 bits per heavy atom. The number of nitrogens with zero attached hydrogens (tertiary/aromatic N) is 2. The molecule has 0 spiro atoms. The highest BCUT2D eigenvalue weighted by Crippen LogP contribution is 2.25. The van der Waals surface area contributed by atoms with E-state index in [1.54, 1.807) is 0 Å². The van der Waals surface area contributed by atoms with Crippen LogP contribution in [0.1, 0.15) is 62.3 Å². The van der Waals surface area contributed by atoms with Crippen LogP contribution in [0.2, 0.25) is 0 Å². The van der Waals surface area contributed by atoms with Crippen molar-refractivity contribution in [1.29, 1.82) is 0 Å². The molecule has 1 aliphatic heterocycles. The van der Waals surface area contributed by atoms with Gasteiger partial charge in [-0.25, -0.2) is 0 Å². The van der Waals surface area contributed by atoms with Crippen LogP contribution < -0.4 is 0 Å². The molecule has 3 nitrogen and oxygen atoms in total. The van der Waals surface area contributed by atoms with Crippen molar-refractivity contribution >= 4 is 5.78 Å². The third kappa shape index (κ3) is 3.57. The molecule has 0 radical (unpaired) electrons. The van der Waals surface area contributed by atoms with Crippen LogP contribution >= 0.6 is 0 Å². The minimum atomic E-state index is 0.0202. The van der Waals surface area contributed by atoms with Crippen LogP contribution in [0.5, 0.6) is 0 Å². The molecule has 0 aliphatic carbocycles. The third-order valence-electron chi connectivity index (χ3n) is 4.51. The number of aryl methyl sites for hydroxylation is 1. The van der Waals surface area contributed by atoms with Gasteiger partial charge in [0.25, 0.3) is 0 Å². The lowest BCUT2D eigenvalue weighted by atomic mass is 9.99. The van der Waals surface area contributed by atoms with E-state index in [1.807, 2.05) is 0 Å². The van der Waals surface area contributed by atoms with Crippen molar-refractivity contribution in [3.8, 4) is 0 Å². The molecule has 0 amide bonds. The molecule has 3 heteroatoms. The zero-order chi connectivity index (χ0) is 15.8. The van der Waals surface area contributed by atoms with E-state index >= 15 is 0 Å². The average Bonchev–Trinajstić information content (AvgIpc) is 2.64. The lowest BCUT2D eigenvalue weighted by Crippen LogP contribution is -2.38. The molecule has 1 aromatic rings. The van der Waals surface area contributed by atoms with Gasteiger partial charge in [-0.05, 0) is 66.0 Å². The Labute approximate surface area is 129 Å². The first-order valence-corrected chi connectivity index (χ1v) is 8.15. The summed E-state index contributed by atoms with van der Waals surface area (Å²) in [7, 11) is 0. The standard InChI is InChI=1S/C18H30N2O/c1-13-8-7-9-19(11-13)12-17(21)16-10-14(2)20(15(16)3)18(4,5)6/h10,13H,7-9,11-12H2,1-6H3. The second-order valence-corrected chi connectivity index (χ2v) is 7.70. The summed E-state index contributed by atoms with van der Waals surface area (Å²) in [5, 5.41) is 0. The minimum absolute atomic E-state index is 0.0202. The monoisotopic (exact) mass is 290 g/mol. The highest BCUT2D eigenvalue weighted by Gasteiger charge is 2.25. The van der Waals surface area contributed by atoms with Crippen molar-refractivity contribution in [3.05, 3.63) is 23.0 Å². The molecule has 2 rings (SSSR count). The number of aromatic nitrogens is 1. The fraction of sp³-hybridized carbons (Fsp3) is 0.722. The number of ketones is 1. The van der Waals surface area contributed by atoms with Crippen LogP contribution in [0.4, 0.5) is 0 Å². The maximum atomic E-state index is 12.7. The molecule has 0 saturated carbocycles. The van der Waals surface area contributed by atoms with Gasteiger partial charge in [0.05, 0.1) is 6.54 Å². The molecule has 1 aromatic heterocycles. The molecule has 1 aliphatic rings. The zero-order valence-electron chi connectivity index (χ0n) is 14.5. The molecule has 0 bridgehead atoms. The van der Waals surface area contributed by atoms with Gasteiger partial charge in [-0.1, -0.05) is 6.92 Å². The molecule has 0 N–H and O–H groups in total. The molecular weight excluding hydrogens is 260 g/mol. The van der Waals surface area contributed by atoms with E-state index in [9.17, 15) is 4.79 Å². The predicted molar refractivity (Wildman–Crippen MR) is 88.1 cm³/mol. The van der Waals surface area contributed by atoms with Crippen molar-refractivity contribution in [1.82, 2.24) is 9.47 Å². The summed E-state index contributed by atoms with van der Waals surface area (Å²) in [4.78, 5) is 15.0. The minimum Gasteiger partial charge on any atom is -0.343 e. The van der Waals surface area contributed by atoms with E-state index in [0.717, 1.165) is 24.3 Å².